The minimum atomic E-state index is -0.451. The Morgan fingerprint density at radius 1 is 1.03 bits per heavy atom. The Hall–Kier alpha value is -3.80. The Labute approximate surface area is 175 Å². The zero-order chi connectivity index (χ0) is 21.3. The number of nitrogens with zero attached hydrogens (tertiary/aromatic N) is 3. The first-order chi connectivity index (χ1) is 14.5. The largest absolute Gasteiger partial charge is 0.330 e. The van der Waals surface area contributed by atoms with Gasteiger partial charge in [-0.15, -0.1) is 0 Å². The van der Waals surface area contributed by atoms with Gasteiger partial charge in [-0.3, -0.25) is 19.9 Å². The average Bonchev–Trinajstić information content (AvgIpc) is 2.78. The maximum atomic E-state index is 13.0. The second-order valence-corrected chi connectivity index (χ2v) is 6.91. The molecule has 3 aromatic rings. The summed E-state index contributed by atoms with van der Waals surface area (Å²) in [5, 5.41) is 11.0. The molecule has 0 saturated heterocycles. The zero-order valence-electron chi connectivity index (χ0n) is 16.8. The molecule has 152 valence electrons. The number of aromatic nitrogens is 1. The third-order valence-corrected chi connectivity index (χ3v) is 4.71. The summed E-state index contributed by atoms with van der Waals surface area (Å²) in [5.74, 6) is -0.176. The van der Waals surface area contributed by atoms with Crippen LogP contribution in [0.3, 0.4) is 0 Å². The molecule has 1 aromatic heterocycles. The Kier molecular flexibility index (Phi) is 7.05. The van der Waals surface area contributed by atoms with Gasteiger partial charge in [-0.1, -0.05) is 49.4 Å². The van der Waals surface area contributed by atoms with Gasteiger partial charge in [-0.2, -0.15) is 0 Å². The summed E-state index contributed by atoms with van der Waals surface area (Å²) >= 11 is 0. The number of hydrogen-bond donors (Lipinski definition) is 0. The van der Waals surface area contributed by atoms with Gasteiger partial charge >= 0.3 is 0 Å². The summed E-state index contributed by atoms with van der Waals surface area (Å²) in [4.78, 5) is 29.3. The maximum absolute atomic E-state index is 13.0. The van der Waals surface area contributed by atoms with Crippen molar-refractivity contribution in [2.75, 3.05) is 0 Å². The number of aryl methyl sites for hydroxylation is 1. The van der Waals surface area contributed by atoms with Gasteiger partial charge in [-0.25, -0.2) is 0 Å². The van der Waals surface area contributed by atoms with Crippen molar-refractivity contribution in [3.05, 3.63) is 112 Å². The van der Waals surface area contributed by atoms with Crippen molar-refractivity contribution in [3.8, 4) is 0 Å². The van der Waals surface area contributed by atoms with E-state index < -0.39 is 4.92 Å². The first kappa shape index (κ1) is 20.9. The Morgan fingerprint density at radius 3 is 2.43 bits per heavy atom. The molecule has 0 spiro atoms. The molecule has 0 atom stereocenters. The second-order valence-electron chi connectivity index (χ2n) is 6.91. The quantitative estimate of drug-likeness (QED) is 0.309. The number of rotatable bonds is 8. The Balaban J connectivity index is 1.79. The molecular weight excluding hydrogens is 378 g/mol. The third-order valence-electron chi connectivity index (χ3n) is 4.71. The molecule has 0 aliphatic heterocycles. The van der Waals surface area contributed by atoms with Crippen molar-refractivity contribution >= 4 is 17.7 Å². The third kappa shape index (κ3) is 5.85. The maximum Gasteiger partial charge on any atom is 0.270 e. The molecule has 6 heteroatoms. The lowest BCUT2D eigenvalue weighted by Crippen LogP contribution is -2.28. The first-order valence-corrected chi connectivity index (χ1v) is 9.73. The van der Waals surface area contributed by atoms with Gasteiger partial charge in [0.05, 0.1) is 4.92 Å². The number of pyridine rings is 1. The van der Waals surface area contributed by atoms with E-state index in [1.807, 2.05) is 24.3 Å². The van der Waals surface area contributed by atoms with E-state index in [1.165, 1.54) is 23.8 Å². The summed E-state index contributed by atoms with van der Waals surface area (Å²) in [6.45, 7) is 2.98. The van der Waals surface area contributed by atoms with Crippen LogP contribution in [0.25, 0.3) is 6.08 Å². The normalized spacial score (nSPS) is 10.8. The van der Waals surface area contributed by atoms with Crippen molar-refractivity contribution in [2.24, 2.45) is 0 Å². The van der Waals surface area contributed by atoms with Crippen LogP contribution in [0.2, 0.25) is 0 Å². The van der Waals surface area contributed by atoms with Crippen molar-refractivity contribution in [2.45, 2.75) is 26.4 Å². The van der Waals surface area contributed by atoms with Crippen LogP contribution < -0.4 is 0 Å². The number of nitro benzene ring substituents is 1. The molecular formula is C24H23N3O3. The number of amides is 1. The van der Waals surface area contributed by atoms with Crippen LogP contribution in [0.1, 0.15) is 29.2 Å². The van der Waals surface area contributed by atoms with Crippen LogP contribution in [0.5, 0.6) is 0 Å². The summed E-state index contributed by atoms with van der Waals surface area (Å²) in [5.41, 5.74) is 3.81. The molecule has 0 unspecified atom stereocenters. The molecule has 30 heavy (non-hydrogen) atoms. The summed E-state index contributed by atoms with van der Waals surface area (Å²) in [6, 6.07) is 18.2. The molecule has 0 saturated carbocycles. The van der Waals surface area contributed by atoms with Gasteiger partial charge < -0.3 is 4.90 Å². The highest BCUT2D eigenvalue weighted by Crippen LogP contribution is 2.16. The standard InChI is InChI=1S/C24H23N3O3/c1-2-19-8-10-21(11-9-19)17-26(18-22-6-4-14-25-16-22)24(28)13-12-20-5-3-7-23(15-20)27(29)30/h3-16H,2,17-18H2,1H3/b13-12+. The van der Waals surface area contributed by atoms with E-state index in [9.17, 15) is 14.9 Å². The van der Waals surface area contributed by atoms with Crippen molar-refractivity contribution in [1.29, 1.82) is 0 Å². The average molecular weight is 401 g/mol. The lowest BCUT2D eigenvalue weighted by molar-refractivity contribution is -0.384. The molecule has 0 bridgehead atoms. The van der Waals surface area contributed by atoms with Crippen molar-refractivity contribution in [1.82, 2.24) is 9.88 Å². The van der Waals surface area contributed by atoms with Gasteiger partial charge in [-0.05, 0) is 40.8 Å². The molecule has 3 rings (SSSR count). The number of carbonyl (C=O) groups excluding carboxylic acids is 1. The van der Waals surface area contributed by atoms with Crippen LogP contribution in [0.15, 0.2) is 79.1 Å². The van der Waals surface area contributed by atoms with Crippen molar-refractivity contribution < 1.29 is 9.72 Å². The van der Waals surface area contributed by atoms with Gasteiger partial charge in [0.15, 0.2) is 0 Å². The fourth-order valence-corrected chi connectivity index (χ4v) is 3.04. The number of benzene rings is 2. The fraction of sp³-hybridized carbons (Fsp3) is 0.167. The molecule has 0 aliphatic carbocycles. The number of non-ortho nitro benzene ring substituents is 1. The van der Waals surface area contributed by atoms with Crippen LogP contribution in [0, 0.1) is 10.1 Å². The van der Waals surface area contributed by atoms with E-state index in [2.05, 4.69) is 24.0 Å². The molecule has 6 nitrogen and oxygen atoms in total. The van der Waals surface area contributed by atoms with Gasteiger partial charge in [0.2, 0.25) is 5.91 Å². The van der Waals surface area contributed by atoms with E-state index in [1.54, 1.807) is 35.5 Å². The number of hydrogen-bond acceptors (Lipinski definition) is 4. The molecule has 0 N–H and O–H groups in total. The predicted octanol–water partition coefficient (Wildman–Crippen LogP) is 4.79. The zero-order valence-corrected chi connectivity index (χ0v) is 16.8. The highest BCUT2D eigenvalue weighted by molar-refractivity contribution is 5.91. The van der Waals surface area contributed by atoms with E-state index in [-0.39, 0.29) is 11.6 Å². The van der Waals surface area contributed by atoms with Crippen molar-refractivity contribution in [3.63, 3.8) is 0 Å². The fourth-order valence-electron chi connectivity index (χ4n) is 3.04. The molecule has 0 radical (unpaired) electrons. The molecule has 1 amide bonds. The lowest BCUT2D eigenvalue weighted by Gasteiger charge is -2.21. The highest BCUT2D eigenvalue weighted by Gasteiger charge is 2.13. The minimum Gasteiger partial charge on any atom is -0.330 e. The Bertz CT molecular complexity index is 1030. The minimum absolute atomic E-state index is 0.00664. The summed E-state index contributed by atoms with van der Waals surface area (Å²) < 4.78 is 0. The molecule has 2 aromatic carbocycles. The SMILES string of the molecule is CCc1ccc(CN(Cc2cccnc2)C(=O)/C=C/c2cccc([N+](=O)[O-])c2)cc1. The van der Waals surface area contributed by atoms with Crippen LogP contribution in [0.4, 0.5) is 5.69 Å². The smallest absolute Gasteiger partial charge is 0.270 e. The monoisotopic (exact) mass is 401 g/mol. The van der Waals surface area contributed by atoms with E-state index >= 15 is 0 Å². The molecule has 0 fully saturated rings. The predicted molar refractivity (Wildman–Crippen MR) is 116 cm³/mol. The Morgan fingerprint density at radius 2 is 1.77 bits per heavy atom. The first-order valence-electron chi connectivity index (χ1n) is 9.73. The number of nitro groups is 1. The lowest BCUT2D eigenvalue weighted by atomic mass is 10.1. The molecule has 0 aliphatic rings. The molecule has 1 heterocycles. The topological polar surface area (TPSA) is 76.3 Å². The number of carbonyl (C=O) groups is 1. The van der Waals surface area contributed by atoms with Gasteiger partial charge in [0.1, 0.15) is 0 Å². The summed E-state index contributed by atoms with van der Waals surface area (Å²) in [6.07, 6.45) is 7.46. The van der Waals surface area contributed by atoms with Crippen LogP contribution in [-0.2, 0) is 24.3 Å². The van der Waals surface area contributed by atoms with E-state index in [0.29, 0.717) is 18.7 Å². The van der Waals surface area contributed by atoms with Gasteiger partial charge in [0.25, 0.3) is 5.69 Å². The summed E-state index contributed by atoms with van der Waals surface area (Å²) in [7, 11) is 0. The van der Waals surface area contributed by atoms with E-state index in [0.717, 1.165) is 17.5 Å². The second kappa shape index (κ2) is 10.1. The van der Waals surface area contributed by atoms with Gasteiger partial charge in [0, 0.05) is 43.7 Å². The highest BCUT2D eigenvalue weighted by atomic mass is 16.6. The van der Waals surface area contributed by atoms with Crippen LogP contribution in [-0.4, -0.2) is 20.7 Å². The van der Waals surface area contributed by atoms with Crippen LogP contribution >= 0.6 is 0 Å². The van der Waals surface area contributed by atoms with E-state index in [4.69, 9.17) is 0 Å².